The first-order valence-electron chi connectivity index (χ1n) is 6.29. The highest BCUT2D eigenvalue weighted by atomic mass is 16.1. The number of ketones is 1. The van der Waals surface area contributed by atoms with E-state index in [4.69, 9.17) is 0 Å². The molecule has 0 N–H and O–H groups in total. The predicted molar refractivity (Wildman–Crippen MR) is 63.9 cm³/mol. The highest BCUT2D eigenvalue weighted by molar-refractivity contribution is 5.75. The van der Waals surface area contributed by atoms with Gasteiger partial charge in [0.05, 0.1) is 0 Å². The van der Waals surface area contributed by atoms with Crippen LogP contribution in [-0.4, -0.2) is 30.3 Å². The SMILES string of the molecule is CC(=O)CCN1CCC(CC(C)C)CC1. The Morgan fingerprint density at radius 3 is 2.40 bits per heavy atom. The van der Waals surface area contributed by atoms with Crippen LogP contribution in [0.4, 0.5) is 0 Å². The van der Waals surface area contributed by atoms with Crippen LogP contribution in [0, 0.1) is 11.8 Å². The number of piperidine rings is 1. The number of hydrogen-bond donors (Lipinski definition) is 0. The third kappa shape index (κ3) is 5.31. The van der Waals surface area contributed by atoms with Gasteiger partial charge in [0.2, 0.25) is 0 Å². The van der Waals surface area contributed by atoms with Crippen LogP contribution in [0.25, 0.3) is 0 Å². The monoisotopic (exact) mass is 211 g/mol. The Balaban J connectivity index is 2.15. The molecule has 2 nitrogen and oxygen atoms in total. The summed E-state index contributed by atoms with van der Waals surface area (Å²) < 4.78 is 0. The quantitative estimate of drug-likeness (QED) is 0.697. The van der Waals surface area contributed by atoms with Crippen LogP contribution in [-0.2, 0) is 4.79 Å². The van der Waals surface area contributed by atoms with Crippen molar-refractivity contribution < 1.29 is 4.79 Å². The van der Waals surface area contributed by atoms with Crippen molar-refractivity contribution in [2.24, 2.45) is 11.8 Å². The fourth-order valence-corrected chi connectivity index (χ4v) is 2.43. The van der Waals surface area contributed by atoms with Gasteiger partial charge in [-0.2, -0.15) is 0 Å². The second kappa shape index (κ2) is 6.26. The van der Waals surface area contributed by atoms with E-state index in [0.717, 1.165) is 24.8 Å². The van der Waals surface area contributed by atoms with E-state index in [1.807, 2.05) is 0 Å². The number of nitrogens with zero attached hydrogens (tertiary/aromatic N) is 1. The number of rotatable bonds is 5. The van der Waals surface area contributed by atoms with Crippen LogP contribution in [0.15, 0.2) is 0 Å². The van der Waals surface area contributed by atoms with Crippen molar-refractivity contribution in [3.05, 3.63) is 0 Å². The Kier molecular flexibility index (Phi) is 5.30. The molecule has 1 aliphatic rings. The summed E-state index contributed by atoms with van der Waals surface area (Å²) in [6.45, 7) is 9.68. The van der Waals surface area contributed by atoms with Crippen molar-refractivity contribution in [2.45, 2.75) is 46.5 Å². The number of likely N-dealkylation sites (tertiary alicyclic amines) is 1. The van der Waals surface area contributed by atoms with Crippen LogP contribution < -0.4 is 0 Å². The molecule has 1 rings (SSSR count). The number of carbonyl (C=O) groups excluding carboxylic acids is 1. The van der Waals surface area contributed by atoms with E-state index < -0.39 is 0 Å². The van der Waals surface area contributed by atoms with Crippen molar-refractivity contribution >= 4 is 5.78 Å². The molecule has 0 aromatic heterocycles. The minimum Gasteiger partial charge on any atom is -0.303 e. The molecule has 0 aromatic rings. The fourth-order valence-electron chi connectivity index (χ4n) is 2.43. The molecule has 2 heteroatoms. The Morgan fingerprint density at radius 2 is 1.93 bits per heavy atom. The highest BCUT2D eigenvalue weighted by Gasteiger charge is 2.19. The summed E-state index contributed by atoms with van der Waals surface area (Å²) in [4.78, 5) is 13.3. The third-order valence-corrected chi connectivity index (χ3v) is 3.29. The standard InChI is InChI=1S/C13H25NO/c1-11(2)10-13-5-8-14(9-6-13)7-4-12(3)15/h11,13H,4-10H2,1-3H3. The Hall–Kier alpha value is -0.370. The summed E-state index contributed by atoms with van der Waals surface area (Å²) >= 11 is 0. The summed E-state index contributed by atoms with van der Waals surface area (Å²) in [7, 11) is 0. The zero-order valence-electron chi connectivity index (χ0n) is 10.5. The first-order chi connectivity index (χ1) is 7.08. The zero-order chi connectivity index (χ0) is 11.3. The maximum atomic E-state index is 10.9. The molecule has 0 amide bonds. The lowest BCUT2D eigenvalue weighted by molar-refractivity contribution is -0.117. The Labute approximate surface area is 94.0 Å². The van der Waals surface area contributed by atoms with Crippen LogP contribution in [0.1, 0.15) is 46.5 Å². The minimum atomic E-state index is 0.319. The lowest BCUT2D eigenvalue weighted by atomic mass is 9.88. The molecular formula is C13H25NO. The van der Waals surface area contributed by atoms with Crippen molar-refractivity contribution in [3.8, 4) is 0 Å². The molecule has 1 saturated heterocycles. The van der Waals surface area contributed by atoms with Gasteiger partial charge < -0.3 is 4.90 Å². The van der Waals surface area contributed by atoms with Gasteiger partial charge in [0.1, 0.15) is 5.78 Å². The van der Waals surface area contributed by atoms with Gasteiger partial charge in [-0.15, -0.1) is 0 Å². The van der Waals surface area contributed by atoms with E-state index in [-0.39, 0.29) is 0 Å². The van der Waals surface area contributed by atoms with Crippen LogP contribution in [0.2, 0.25) is 0 Å². The van der Waals surface area contributed by atoms with E-state index in [1.54, 1.807) is 6.92 Å². The van der Waals surface area contributed by atoms with Crippen molar-refractivity contribution in [2.75, 3.05) is 19.6 Å². The normalized spacial score (nSPS) is 19.7. The molecule has 0 radical (unpaired) electrons. The van der Waals surface area contributed by atoms with E-state index in [0.29, 0.717) is 5.78 Å². The summed E-state index contributed by atoms with van der Waals surface area (Å²) in [5.41, 5.74) is 0. The van der Waals surface area contributed by atoms with Crippen molar-refractivity contribution in [3.63, 3.8) is 0 Å². The maximum absolute atomic E-state index is 10.9. The number of hydrogen-bond acceptors (Lipinski definition) is 2. The van der Waals surface area contributed by atoms with Crippen LogP contribution in [0.5, 0.6) is 0 Å². The Bertz CT molecular complexity index is 193. The minimum absolute atomic E-state index is 0.319. The molecule has 1 fully saturated rings. The van der Waals surface area contributed by atoms with Gasteiger partial charge in [0.25, 0.3) is 0 Å². The molecule has 0 atom stereocenters. The third-order valence-electron chi connectivity index (χ3n) is 3.29. The predicted octanol–water partition coefficient (Wildman–Crippen LogP) is 2.72. The van der Waals surface area contributed by atoms with Gasteiger partial charge in [0, 0.05) is 13.0 Å². The van der Waals surface area contributed by atoms with Gasteiger partial charge in [-0.1, -0.05) is 13.8 Å². The van der Waals surface area contributed by atoms with E-state index >= 15 is 0 Å². The van der Waals surface area contributed by atoms with Gasteiger partial charge in [0.15, 0.2) is 0 Å². The molecule has 88 valence electrons. The average Bonchev–Trinajstić information content (AvgIpc) is 2.16. The molecule has 1 heterocycles. The molecule has 1 aliphatic heterocycles. The summed E-state index contributed by atoms with van der Waals surface area (Å²) in [6.07, 6.45) is 4.77. The highest BCUT2D eigenvalue weighted by Crippen LogP contribution is 2.23. The van der Waals surface area contributed by atoms with E-state index in [1.165, 1.54) is 32.4 Å². The average molecular weight is 211 g/mol. The van der Waals surface area contributed by atoms with Crippen molar-refractivity contribution in [1.29, 1.82) is 0 Å². The second-order valence-electron chi connectivity index (χ2n) is 5.37. The lowest BCUT2D eigenvalue weighted by Gasteiger charge is -2.32. The molecule has 0 saturated carbocycles. The van der Waals surface area contributed by atoms with Crippen LogP contribution >= 0.6 is 0 Å². The van der Waals surface area contributed by atoms with E-state index in [2.05, 4.69) is 18.7 Å². The maximum Gasteiger partial charge on any atom is 0.131 e. The first kappa shape index (κ1) is 12.7. The smallest absolute Gasteiger partial charge is 0.131 e. The van der Waals surface area contributed by atoms with Gasteiger partial charge in [-0.05, 0) is 51.1 Å². The Morgan fingerprint density at radius 1 is 1.33 bits per heavy atom. The second-order valence-corrected chi connectivity index (χ2v) is 5.37. The van der Waals surface area contributed by atoms with Crippen LogP contribution in [0.3, 0.4) is 0 Å². The molecule has 0 aromatic carbocycles. The molecule has 0 aliphatic carbocycles. The zero-order valence-corrected chi connectivity index (χ0v) is 10.5. The molecular weight excluding hydrogens is 186 g/mol. The molecule has 0 spiro atoms. The summed E-state index contributed by atoms with van der Waals surface area (Å²) in [5, 5.41) is 0. The van der Waals surface area contributed by atoms with Gasteiger partial charge in [-0.3, -0.25) is 4.79 Å². The van der Waals surface area contributed by atoms with Gasteiger partial charge >= 0.3 is 0 Å². The topological polar surface area (TPSA) is 20.3 Å². The first-order valence-corrected chi connectivity index (χ1v) is 6.29. The molecule has 0 unspecified atom stereocenters. The molecule has 15 heavy (non-hydrogen) atoms. The van der Waals surface area contributed by atoms with Crippen molar-refractivity contribution in [1.82, 2.24) is 4.90 Å². The lowest BCUT2D eigenvalue weighted by Crippen LogP contribution is -2.35. The summed E-state index contributed by atoms with van der Waals surface area (Å²) in [6, 6.07) is 0. The molecule has 0 bridgehead atoms. The fraction of sp³-hybridized carbons (Fsp3) is 0.923. The summed E-state index contributed by atoms with van der Waals surface area (Å²) in [5.74, 6) is 2.08. The van der Waals surface area contributed by atoms with Gasteiger partial charge in [-0.25, -0.2) is 0 Å². The van der Waals surface area contributed by atoms with E-state index in [9.17, 15) is 4.79 Å². The number of carbonyl (C=O) groups is 1. The largest absolute Gasteiger partial charge is 0.303 e. The number of Topliss-reactive ketones (excluding diaryl/α,β-unsaturated/α-hetero) is 1.